The van der Waals surface area contributed by atoms with E-state index in [2.05, 4.69) is 90.1 Å². The summed E-state index contributed by atoms with van der Waals surface area (Å²) in [6.45, 7) is 13.9. The standard InChI is InChI=1S/C20H26I.C6H6O4S/c1-19(2,3)15-11-7-9-13-17(15)21-18-14-10-8-12-16(18)20(4,5)6;7-5-1-3-6(4-2-5)11(8,9)10/h7-14H,1-6H3;1-4,7H,(H,8,9,10)/q+1;/p-1. The molecular weight excluding hydrogens is 535 g/mol. The van der Waals surface area contributed by atoms with Crippen LogP contribution in [0.5, 0.6) is 5.75 Å². The van der Waals surface area contributed by atoms with E-state index in [1.165, 1.54) is 11.1 Å². The van der Waals surface area contributed by atoms with Crippen LogP contribution in [0.25, 0.3) is 0 Å². The van der Waals surface area contributed by atoms with E-state index in [4.69, 9.17) is 5.11 Å². The zero-order chi connectivity index (χ0) is 24.2. The van der Waals surface area contributed by atoms with Crippen molar-refractivity contribution in [1.29, 1.82) is 0 Å². The van der Waals surface area contributed by atoms with Crippen LogP contribution >= 0.6 is 0 Å². The zero-order valence-corrected chi connectivity index (χ0v) is 22.4. The summed E-state index contributed by atoms with van der Waals surface area (Å²) in [5.74, 6) is -0.0719. The van der Waals surface area contributed by atoms with Gasteiger partial charge in [0.1, 0.15) is 15.9 Å². The predicted octanol–water partition coefficient (Wildman–Crippen LogP) is 2.71. The number of rotatable bonds is 3. The second-order valence-electron chi connectivity index (χ2n) is 9.50. The van der Waals surface area contributed by atoms with Gasteiger partial charge in [-0.25, -0.2) is 8.42 Å². The summed E-state index contributed by atoms with van der Waals surface area (Å²) in [5.41, 5.74) is 3.43. The molecule has 3 aromatic rings. The number of benzene rings is 3. The van der Waals surface area contributed by atoms with E-state index >= 15 is 0 Å². The highest BCUT2D eigenvalue weighted by Gasteiger charge is 2.30. The number of hydrogen-bond donors (Lipinski definition) is 1. The minimum absolute atomic E-state index is 0.0719. The summed E-state index contributed by atoms with van der Waals surface area (Å²) in [6.07, 6.45) is 0. The molecule has 0 unspecified atom stereocenters. The first-order chi connectivity index (χ1) is 14.7. The van der Waals surface area contributed by atoms with Crippen molar-refractivity contribution < 1.29 is 39.3 Å². The molecule has 3 aromatic carbocycles. The van der Waals surface area contributed by atoms with Crippen molar-refractivity contribution in [2.75, 3.05) is 0 Å². The van der Waals surface area contributed by atoms with Crippen LogP contribution in [0.3, 0.4) is 0 Å². The maximum absolute atomic E-state index is 10.3. The number of halogens is 1. The van der Waals surface area contributed by atoms with Gasteiger partial charge in [0.25, 0.3) is 0 Å². The molecule has 6 heteroatoms. The Hall–Kier alpha value is -1.90. The Morgan fingerprint density at radius 1 is 0.688 bits per heavy atom. The van der Waals surface area contributed by atoms with Gasteiger partial charge in [0.2, 0.25) is 0 Å². The van der Waals surface area contributed by atoms with E-state index in [0.29, 0.717) is 0 Å². The monoisotopic (exact) mass is 566 g/mol. The van der Waals surface area contributed by atoms with Gasteiger partial charge in [0.15, 0.2) is 7.14 Å². The van der Waals surface area contributed by atoms with Crippen molar-refractivity contribution in [3.05, 3.63) is 91.1 Å². The molecule has 0 aliphatic carbocycles. The second kappa shape index (κ2) is 10.4. The predicted molar refractivity (Wildman–Crippen MR) is 124 cm³/mol. The number of aromatic hydroxyl groups is 1. The fourth-order valence-electron chi connectivity index (χ4n) is 3.03. The van der Waals surface area contributed by atoms with E-state index in [9.17, 15) is 13.0 Å². The largest absolute Gasteiger partial charge is 0.744 e. The Morgan fingerprint density at radius 2 is 1.06 bits per heavy atom. The van der Waals surface area contributed by atoms with Crippen molar-refractivity contribution in [2.24, 2.45) is 0 Å². The van der Waals surface area contributed by atoms with Gasteiger partial charge in [-0.05, 0) is 47.2 Å². The average Bonchev–Trinajstić information content (AvgIpc) is 2.67. The van der Waals surface area contributed by atoms with Crippen molar-refractivity contribution >= 4 is 10.1 Å². The quantitative estimate of drug-likeness (QED) is 0.391. The highest BCUT2D eigenvalue weighted by molar-refractivity contribution is 7.85. The van der Waals surface area contributed by atoms with Crippen LogP contribution in [0.2, 0.25) is 0 Å². The minimum atomic E-state index is -4.38. The van der Waals surface area contributed by atoms with Gasteiger partial charge < -0.3 is 9.66 Å². The molecule has 0 saturated carbocycles. The highest BCUT2D eigenvalue weighted by atomic mass is 127. The van der Waals surface area contributed by atoms with Gasteiger partial charge in [-0.3, -0.25) is 0 Å². The summed E-state index contributed by atoms with van der Waals surface area (Å²) < 4.78 is 34.0. The van der Waals surface area contributed by atoms with Gasteiger partial charge in [0, 0.05) is 11.1 Å². The third-order valence-corrected chi connectivity index (χ3v) is 8.59. The second-order valence-corrected chi connectivity index (χ2v) is 13.7. The summed E-state index contributed by atoms with van der Waals surface area (Å²) in [5, 5.41) is 8.73. The third kappa shape index (κ3) is 7.60. The van der Waals surface area contributed by atoms with Crippen LogP contribution in [0.15, 0.2) is 77.7 Å². The van der Waals surface area contributed by atoms with Crippen LogP contribution in [-0.4, -0.2) is 18.1 Å². The molecule has 0 amide bonds. The van der Waals surface area contributed by atoms with E-state index in [-0.39, 0.29) is 42.7 Å². The number of phenolic OH excluding ortho intramolecular Hbond substituents is 1. The normalized spacial score (nSPS) is 12.1. The lowest BCUT2D eigenvalue weighted by molar-refractivity contribution is -0.599. The van der Waals surface area contributed by atoms with E-state index in [1.54, 1.807) is 7.14 Å². The van der Waals surface area contributed by atoms with Gasteiger partial charge in [-0.1, -0.05) is 77.9 Å². The van der Waals surface area contributed by atoms with Gasteiger partial charge in [0.05, 0.1) is 4.90 Å². The molecule has 3 rings (SSSR count). The van der Waals surface area contributed by atoms with Crippen molar-refractivity contribution in [3.8, 4) is 5.75 Å². The SMILES string of the molecule is CC(C)(C)c1ccccc1[I+]c1ccccc1C(C)(C)C.O=S(=O)([O-])c1ccc(O)cc1. The third-order valence-electron chi connectivity index (χ3n) is 4.69. The fraction of sp³-hybridized carbons (Fsp3) is 0.308. The minimum Gasteiger partial charge on any atom is -0.744 e. The molecule has 0 aliphatic rings. The van der Waals surface area contributed by atoms with E-state index < -0.39 is 10.1 Å². The van der Waals surface area contributed by atoms with Crippen LogP contribution in [0.1, 0.15) is 52.7 Å². The van der Waals surface area contributed by atoms with Crippen LogP contribution in [0.4, 0.5) is 0 Å². The summed E-state index contributed by atoms with van der Waals surface area (Å²) in [4.78, 5) is -0.338. The molecule has 1 N–H and O–H groups in total. The molecule has 0 saturated heterocycles. The average molecular weight is 567 g/mol. The summed E-state index contributed by atoms with van der Waals surface area (Å²) >= 11 is -0.147. The Kier molecular flexibility index (Phi) is 8.53. The number of phenols is 1. The maximum atomic E-state index is 10.3. The van der Waals surface area contributed by atoms with E-state index in [0.717, 1.165) is 24.3 Å². The Balaban J connectivity index is 0.000000278. The lowest BCUT2D eigenvalue weighted by Gasteiger charge is -2.20. The summed E-state index contributed by atoms with van der Waals surface area (Å²) in [6, 6.07) is 22.4. The molecule has 172 valence electrons. The molecule has 0 heterocycles. The summed E-state index contributed by atoms with van der Waals surface area (Å²) in [7, 11) is -4.38. The molecule has 0 spiro atoms. The molecule has 0 aliphatic heterocycles. The van der Waals surface area contributed by atoms with Crippen molar-refractivity contribution in [2.45, 2.75) is 57.3 Å². The molecule has 0 aromatic heterocycles. The Bertz CT molecular complexity index is 1080. The molecule has 32 heavy (non-hydrogen) atoms. The van der Waals surface area contributed by atoms with Crippen molar-refractivity contribution in [3.63, 3.8) is 0 Å². The first kappa shape index (κ1) is 26.4. The smallest absolute Gasteiger partial charge is 0.358 e. The lowest BCUT2D eigenvalue weighted by atomic mass is 9.87. The molecule has 0 radical (unpaired) electrons. The highest BCUT2D eigenvalue weighted by Crippen LogP contribution is 2.23. The topological polar surface area (TPSA) is 77.4 Å². The van der Waals surface area contributed by atoms with Crippen LogP contribution < -0.4 is 21.2 Å². The maximum Gasteiger partial charge on any atom is 0.358 e. The van der Waals surface area contributed by atoms with Gasteiger partial charge in [-0.2, -0.15) is 0 Å². The first-order valence-corrected chi connectivity index (χ1v) is 13.8. The Morgan fingerprint density at radius 3 is 1.41 bits per heavy atom. The molecule has 0 bridgehead atoms. The van der Waals surface area contributed by atoms with Crippen molar-refractivity contribution in [1.82, 2.24) is 0 Å². The van der Waals surface area contributed by atoms with Crippen LogP contribution in [-0.2, 0) is 20.9 Å². The fourth-order valence-corrected chi connectivity index (χ4v) is 7.46. The first-order valence-electron chi connectivity index (χ1n) is 10.3. The van der Waals surface area contributed by atoms with E-state index in [1.807, 2.05) is 0 Å². The molecule has 4 nitrogen and oxygen atoms in total. The molecule has 0 fully saturated rings. The van der Waals surface area contributed by atoms with Gasteiger partial charge >= 0.3 is 21.2 Å². The Labute approximate surface area is 202 Å². The number of hydrogen-bond acceptors (Lipinski definition) is 4. The molecular formula is C26H31IO4S. The molecule has 0 atom stereocenters. The van der Waals surface area contributed by atoms with Crippen LogP contribution in [0, 0.1) is 7.14 Å². The zero-order valence-electron chi connectivity index (χ0n) is 19.4. The van der Waals surface area contributed by atoms with Gasteiger partial charge in [-0.15, -0.1) is 0 Å². The lowest BCUT2D eigenvalue weighted by Crippen LogP contribution is -3.62.